The molecule has 4 heteroatoms. The van der Waals surface area contributed by atoms with Gasteiger partial charge in [0.25, 0.3) is 0 Å². The minimum atomic E-state index is -0.304. The second-order valence-corrected chi connectivity index (χ2v) is 4.37. The van der Waals surface area contributed by atoms with E-state index in [4.69, 9.17) is 4.74 Å². The summed E-state index contributed by atoms with van der Waals surface area (Å²) in [7, 11) is 3.50. The molecule has 3 nitrogen and oxygen atoms in total. The van der Waals surface area contributed by atoms with E-state index >= 15 is 0 Å². The number of anilines is 1. The summed E-state index contributed by atoms with van der Waals surface area (Å²) < 4.78 is 18.3. The Balaban J connectivity index is 2.08. The number of hydrogen-bond donors (Lipinski definition) is 1. The number of nitrogens with one attached hydrogen (secondary N) is 1. The molecule has 0 radical (unpaired) electrons. The lowest BCUT2D eigenvalue weighted by Gasteiger charge is -2.33. The first kappa shape index (κ1) is 12.2. The second-order valence-electron chi connectivity index (χ2n) is 4.37. The van der Waals surface area contributed by atoms with Gasteiger partial charge < -0.3 is 15.0 Å². The zero-order chi connectivity index (χ0) is 12.3. The van der Waals surface area contributed by atoms with Gasteiger partial charge in [-0.05, 0) is 32.0 Å². The highest BCUT2D eigenvalue weighted by molar-refractivity contribution is 5.51. The van der Waals surface area contributed by atoms with Crippen molar-refractivity contribution in [2.75, 3.05) is 32.1 Å². The first-order chi connectivity index (χ1) is 8.24. The second kappa shape index (κ2) is 5.36. The molecule has 0 spiro atoms. The molecule has 1 aliphatic rings. The molecule has 1 heterocycles. The summed E-state index contributed by atoms with van der Waals surface area (Å²) in [6.45, 7) is 2.00. The van der Waals surface area contributed by atoms with Crippen LogP contribution in [0.4, 0.5) is 10.1 Å². The van der Waals surface area contributed by atoms with Crippen molar-refractivity contribution in [2.45, 2.75) is 18.9 Å². The van der Waals surface area contributed by atoms with E-state index in [0.717, 1.165) is 31.6 Å². The van der Waals surface area contributed by atoms with E-state index in [9.17, 15) is 4.39 Å². The monoisotopic (exact) mass is 238 g/mol. The quantitative estimate of drug-likeness (QED) is 0.872. The molecule has 0 amide bonds. The number of benzene rings is 1. The number of piperidine rings is 1. The average Bonchev–Trinajstić information content (AvgIpc) is 2.39. The Morgan fingerprint density at radius 1 is 1.35 bits per heavy atom. The topological polar surface area (TPSA) is 24.5 Å². The smallest absolute Gasteiger partial charge is 0.165 e. The number of ether oxygens (including phenoxy) is 1. The predicted octanol–water partition coefficient (Wildman–Crippen LogP) is 2.02. The molecule has 2 rings (SSSR count). The lowest BCUT2D eigenvalue weighted by Crippen LogP contribution is -2.41. The number of halogens is 1. The van der Waals surface area contributed by atoms with E-state index in [-0.39, 0.29) is 5.82 Å². The fourth-order valence-electron chi connectivity index (χ4n) is 2.27. The van der Waals surface area contributed by atoms with Gasteiger partial charge in [0.1, 0.15) is 0 Å². The van der Waals surface area contributed by atoms with Gasteiger partial charge in [-0.2, -0.15) is 0 Å². The van der Waals surface area contributed by atoms with Gasteiger partial charge in [-0.3, -0.25) is 0 Å². The summed E-state index contributed by atoms with van der Waals surface area (Å²) in [5.74, 6) is 0.0135. The average molecular weight is 238 g/mol. The molecule has 17 heavy (non-hydrogen) atoms. The third-order valence-corrected chi connectivity index (χ3v) is 3.40. The molecule has 0 aliphatic carbocycles. The number of hydrogen-bond acceptors (Lipinski definition) is 3. The van der Waals surface area contributed by atoms with E-state index in [0.29, 0.717) is 11.8 Å². The van der Waals surface area contributed by atoms with Crippen LogP contribution in [0.5, 0.6) is 5.75 Å². The van der Waals surface area contributed by atoms with E-state index in [1.807, 2.05) is 13.1 Å². The molecule has 1 N–H and O–H groups in total. The molecular formula is C13H19FN2O. The Morgan fingerprint density at radius 3 is 2.65 bits per heavy atom. The highest BCUT2D eigenvalue weighted by atomic mass is 19.1. The van der Waals surface area contributed by atoms with Crippen molar-refractivity contribution in [3.63, 3.8) is 0 Å². The van der Waals surface area contributed by atoms with Crippen LogP contribution in [0, 0.1) is 5.82 Å². The van der Waals surface area contributed by atoms with Crippen LogP contribution in [0.15, 0.2) is 18.2 Å². The normalized spacial score (nSPS) is 17.2. The van der Waals surface area contributed by atoms with Gasteiger partial charge in [-0.1, -0.05) is 0 Å². The summed E-state index contributed by atoms with van der Waals surface area (Å²) in [4.78, 5) is 2.27. The van der Waals surface area contributed by atoms with E-state index in [2.05, 4.69) is 10.2 Å². The van der Waals surface area contributed by atoms with Crippen LogP contribution in [0.1, 0.15) is 12.8 Å². The van der Waals surface area contributed by atoms with Crippen LogP contribution >= 0.6 is 0 Å². The maximum atomic E-state index is 13.3. The largest absolute Gasteiger partial charge is 0.494 e. The molecular weight excluding hydrogens is 219 g/mol. The van der Waals surface area contributed by atoms with Crippen LogP contribution in [0.25, 0.3) is 0 Å². The number of rotatable bonds is 3. The fraction of sp³-hybridized carbons (Fsp3) is 0.538. The number of methoxy groups -OCH3 is 1. The molecule has 0 bridgehead atoms. The van der Waals surface area contributed by atoms with Gasteiger partial charge in [0.05, 0.1) is 7.11 Å². The fourth-order valence-corrected chi connectivity index (χ4v) is 2.27. The lowest BCUT2D eigenvalue weighted by molar-refractivity contribution is 0.386. The van der Waals surface area contributed by atoms with Crippen molar-refractivity contribution in [3.8, 4) is 5.75 Å². The van der Waals surface area contributed by atoms with Crippen LogP contribution in [-0.4, -0.2) is 33.3 Å². The van der Waals surface area contributed by atoms with Crippen molar-refractivity contribution in [1.82, 2.24) is 5.32 Å². The minimum absolute atomic E-state index is 0.304. The van der Waals surface area contributed by atoms with Crippen LogP contribution < -0.4 is 15.0 Å². The Bertz CT molecular complexity index is 376. The van der Waals surface area contributed by atoms with Crippen molar-refractivity contribution in [2.24, 2.45) is 0 Å². The highest BCUT2D eigenvalue weighted by Gasteiger charge is 2.18. The van der Waals surface area contributed by atoms with Gasteiger partial charge in [0.15, 0.2) is 11.6 Å². The van der Waals surface area contributed by atoms with E-state index in [1.165, 1.54) is 13.2 Å². The molecule has 1 saturated heterocycles. The maximum Gasteiger partial charge on any atom is 0.165 e. The molecule has 0 aromatic heterocycles. The maximum absolute atomic E-state index is 13.3. The molecule has 1 aliphatic heterocycles. The third kappa shape index (κ3) is 2.69. The summed E-state index contributed by atoms with van der Waals surface area (Å²) in [5, 5.41) is 3.30. The summed E-state index contributed by atoms with van der Waals surface area (Å²) >= 11 is 0. The zero-order valence-electron chi connectivity index (χ0n) is 10.4. The standard InChI is InChI=1S/C13H19FN2O/c1-15-10-5-7-16(8-6-10)11-3-4-12(14)13(9-11)17-2/h3-4,9-10,15H,5-8H2,1-2H3. The molecule has 94 valence electrons. The Kier molecular flexibility index (Phi) is 3.84. The molecule has 1 aromatic carbocycles. The predicted molar refractivity (Wildman–Crippen MR) is 67.2 cm³/mol. The SMILES string of the molecule is CNC1CCN(c2ccc(F)c(OC)c2)CC1. The van der Waals surface area contributed by atoms with Gasteiger partial charge in [-0.25, -0.2) is 4.39 Å². The van der Waals surface area contributed by atoms with Gasteiger partial charge in [0, 0.05) is 30.9 Å². The van der Waals surface area contributed by atoms with E-state index < -0.39 is 0 Å². The van der Waals surface area contributed by atoms with Crippen molar-refractivity contribution < 1.29 is 9.13 Å². The van der Waals surface area contributed by atoms with Gasteiger partial charge in [0.2, 0.25) is 0 Å². The zero-order valence-corrected chi connectivity index (χ0v) is 10.4. The molecule has 0 unspecified atom stereocenters. The third-order valence-electron chi connectivity index (χ3n) is 3.40. The summed E-state index contributed by atoms with van der Waals surface area (Å²) in [5.41, 5.74) is 1.04. The molecule has 1 fully saturated rings. The lowest BCUT2D eigenvalue weighted by atomic mass is 10.0. The molecule has 0 atom stereocenters. The van der Waals surface area contributed by atoms with Crippen LogP contribution in [0.2, 0.25) is 0 Å². The van der Waals surface area contributed by atoms with Crippen molar-refractivity contribution in [1.29, 1.82) is 0 Å². The molecule has 1 aromatic rings. The van der Waals surface area contributed by atoms with Crippen LogP contribution in [-0.2, 0) is 0 Å². The number of nitrogens with zero attached hydrogens (tertiary/aromatic N) is 1. The molecule has 0 saturated carbocycles. The van der Waals surface area contributed by atoms with Gasteiger partial charge in [-0.15, -0.1) is 0 Å². The van der Waals surface area contributed by atoms with E-state index in [1.54, 1.807) is 6.07 Å². The Hall–Kier alpha value is -1.29. The first-order valence-electron chi connectivity index (χ1n) is 6.00. The van der Waals surface area contributed by atoms with Crippen molar-refractivity contribution >= 4 is 5.69 Å². The Morgan fingerprint density at radius 2 is 2.06 bits per heavy atom. The highest BCUT2D eigenvalue weighted by Crippen LogP contribution is 2.26. The van der Waals surface area contributed by atoms with Crippen LogP contribution in [0.3, 0.4) is 0 Å². The first-order valence-corrected chi connectivity index (χ1v) is 6.00. The summed E-state index contributed by atoms with van der Waals surface area (Å²) in [6.07, 6.45) is 2.24. The minimum Gasteiger partial charge on any atom is -0.494 e. The van der Waals surface area contributed by atoms with Crippen molar-refractivity contribution in [3.05, 3.63) is 24.0 Å². The summed E-state index contributed by atoms with van der Waals surface area (Å²) in [6, 6.07) is 5.67. The van der Waals surface area contributed by atoms with Gasteiger partial charge >= 0.3 is 0 Å². The Labute approximate surface area is 102 Å².